The zero-order valence-electron chi connectivity index (χ0n) is 27.1. The predicted molar refractivity (Wildman–Crippen MR) is 162 cm³/mol. The van der Waals surface area contributed by atoms with Crippen molar-refractivity contribution in [2.45, 2.75) is 76.6 Å². The van der Waals surface area contributed by atoms with Crippen molar-refractivity contribution in [3.8, 4) is 0 Å². The van der Waals surface area contributed by atoms with E-state index in [1.165, 1.54) is 29.6 Å². The highest BCUT2D eigenvalue weighted by Crippen LogP contribution is 2.34. The van der Waals surface area contributed by atoms with E-state index in [1.54, 1.807) is 0 Å². The monoisotopic (exact) mass is 746 g/mol. The minimum absolute atomic E-state index is 0.401. The van der Waals surface area contributed by atoms with E-state index in [4.69, 9.17) is 39.7 Å². The molecule has 51 heavy (non-hydrogen) atoms. The molecule has 5 rings (SSSR count). The summed E-state index contributed by atoms with van der Waals surface area (Å²) >= 11 is 0. The van der Waals surface area contributed by atoms with Crippen molar-refractivity contribution in [2.24, 2.45) is 0 Å². The Balaban J connectivity index is 0.000000352. The molecule has 0 radical (unpaired) electrons. The summed E-state index contributed by atoms with van der Waals surface area (Å²) in [6, 6.07) is 6.92. The zero-order chi connectivity index (χ0) is 38.7. The van der Waals surface area contributed by atoms with Gasteiger partial charge in [-0.3, -0.25) is 9.88 Å². The van der Waals surface area contributed by atoms with Gasteiger partial charge in [-0.1, -0.05) is 6.07 Å². The number of hydrogen-bond donors (Lipinski definition) is 3. The Morgan fingerprint density at radius 3 is 1.75 bits per heavy atom. The third-order valence-corrected chi connectivity index (χ3v) is 7.39. The predicted octanol–water partition coefficient (Wildman–Crippen LogP) is 6.29. The maximum atomic E-state index is 10.6. The molecule has 3 aromatic heterocycles. The second-order valence-electron chi connectivity index (χ2n) is 11.5. The quantitative estimate of drug-likeness (QED) is 0.252. The molecule has 0 saturated carbocycles. The largest absolute Gasteiger partial charge is 0.490 e. The number of aliphatic carboxylic acids is 3. The molecule has 0 aromatic carbocycles. The van der Waals surface area contributed by atoms with Gasteiger partial charge in [-0.05, 0) is 70.3 Å². The molecule has 3 aromatic rings. The molecule has 12 nitrogen and oxygen atoms in total. The van der Waals surface area contributed by atoms with Gasteiger partial charge in [0.15, 0.2) is 5.82 Å². The average molecular weight is 747 g/mol. The summed E-state index contributed by atoms with van der Waals surface area (Å²) in [6.45, 7) is 9.88. The van der Waals surface area contributed by atoms with Crippen LogP contribution in [0.15, 0.2) is 36.9 Å². The lowest BCUT2D eigenvalue weighted by molar-refractivity contribution is -0.193. The fourth-order valence-corrected chi connectivity index (χ4v) is 4.94. The number of alkyl halides is 9. The van der Waals surface area contributed by atoms with Crippen LogP contribution >= 0.6 is 0 Å². The maximum absolute atomic E-state index is 10.6. The Morgan fingerprint density at radius 1 is 0.843 bits per heavy atom. The molecular weight excluding hydrogens is 711 g/mol. The molecule has 2 aliphatic heterocycles. The van der Waals surface area contributed by atoms with E-state index in [0.29, 0.717) is 12.0 Å². The van der Waals surface area contributed by atoms with Crippen LogP contribution in [-0.4, -0.2) is 102 Å². The van der Waals surface area contributed by atoms with Crippen molar-refractivity contribution < 1.29 is 69.2 Å². The Morgan fingerprint density at radius 2 is 1.33 bits per heavy atom. The van der Waals surface area contributed by atoms with Crippen LogP contribution in [0.1, 0.15) is 62.7 Å². The van der Waals surface area contributed by atoms with Gasteiger partial charge in [0.05, 0.1) is 11.8 Å². The van der Waals surface area contributed by atoms with Gasteiger partial charge >= 0.3 is 36.4 Å². The standard InChI is InChI=1S/C24H32N6.3C2HF3O2/c1-18(2)30-17-26-23-22(30)14-21(27-24(23)29-10-3-4-11-29)20-7-12-28(13-8-20)16-19-6-5-9-25-15-19;3*3-2(4,5)1(6)7/h5-6,9,14-15,17-18,20H,3-4,7-8,10-13,16H2,1-2H3;3*(H,6,7). The van der Waals surface area contributed by atoms with Gasteiger partial charge in [0.2, 0.25) is 0 Å². The summed E-state index contributed by atoms with van der Waals surface area (Å²) in [5.74, 6) is -6.64. The fourth-order valence-electron chi connectivity index (χ4n) is 4.94. The van der Waals surface area contributed by atoms with E-state index in [1.807, 2.05) is 24.8 Å². The van der Waals surface area contributed by atoms with Crippen LogP contribution in [0.4, 0.5) is 45.3 Å². The number of carboxylic acid groups (broad SMARTS) is 3. The molecule has 0 aliphatic carbocycles. The van der Waals surface area contributed by atoms with Gasteiger partial charge in [-0.25, -0.2) is 24.4 Å². The average Bonchev–Trinajstić information content (AvgIpc) is 3.72. The number of pyridine rings is 2. The van der Waals surface area contributed by atoms with Gasteiger partial charge in [0.1, 0.15) is 5.52 Å². The molecular formula is C30H35F9N6O6. The Bertz CT molecular complexity index is 1530. The van der Waals surface area contributed by atoms with Crippen LogP contribution in [0.3, 0.4) is 0 Å². The molecule has 0 unspecified atom stereocenters. The summed E-state index contributed by atoms with van der Waals surface area (Å²) in [4.78, 5) is 45.9. The molecule has 0 spiro atoms. The summed E-state index contributed by atoms with van der Waals surface area (Å²) in [6.07, 6.45) is -4.59. The first-order valence-corrected chi connectivity index (χ1v) is 15.2. The number of carboxylic acids is 3. The Labute approximate surface area is 284 Å². The Kier molecular flexibility index (Phi) is 15.0. The number of aromatic nitrogens is 4. The molecule has 5 heterocycles. The SMILES string of the molecule is CC(C)n1cnc2c(N3CCCC3)nc(C3CCN(Cc4cccnc4)CC3)cc21.O=C(O)C(F)(F)F.O=C(O)C(F)(F)F.O=C(O)C(F)(F)F. The second-order valence-corrected chi connectivity index (χ2v) is 11.5. The molecule has 2 aliphatic rings. The second kappa shape index (κ2) is 18.0. The highest BCUT2D eigenvalue weighted by Gasteiger charge is 2.39. The van der Waals surface area contributed by atoms with Crippen molar-refractivity contribution in [3.05, 3.63) is 48.2 Å². The number of hydrogen-bond acceptors (Lipinski definition) is 8. The van der Waals surface area contributed by atoms with Gasteiger partial charge in [0.25, 0.3) is 0 Å². The number of anilines is 1. The van der Waals surface area contributed by atoms with Gasteiger partial charge in [0, 0.05) is 49.7 Å². The molecule has 21 heteroatoms. The number of halogens is 9. The number of imidazole rings is 1. The number of piperidine rings is 1. The molecule has 3 N–H and O–H groups in total. The number of rotatable bonds is 5. The lowest BCUT2D eigenvalue weighted by Crippen LogP contribution is -2.33. The number of carbonyl (C=O) groups is 3. The van der Waals surface area contributed by atoms with E-state index in [9.17, 15) is 39.5 Å². The van der Waals surface area contributed by atoms with Crippen molar-refractivity contribution in [2.75, 3.05) is 31.1 Å². The molecule has 284 valence electrons. The lowest BCUT2D eigenvalue weighted by Gasteiger charge is -2.32. The van der Waals surface area contributed by atoms with Crippen molar-refractivity contribution in [1.82, 2.24) is 24.4 Å². The smallest absolute Gasteiger partial charge is 0.475 e. The van der Waals surface area contributed by atoms with Crippen molar-refractivity contribution in [1.29, 1.82) is 0 Å². The normalized spacial score (nSPS) is 15.6. The topological polar surface area (TPSA) is 162 Å². The van der Waals surface area contributed by atoms with Gasteiger partial charge in [-0.15, -0.1) is 0 Å². The maximum Gasteiger partial charge on any atom is 0.490 e. The van der Waals surface area contributed by atoms with E-state index < -0.39 is 36.4 Å². The molecule has 0 amide bonds. The number of likely N-dealkylation sites (tertiary alicyclic amines) is 1. The molecule has 0 bridgehead atoms. The Hall–Kier alpha value is -4.69. The van der Waals surface area contributed by atoms with Crippen LogP contribution in [0.25, 0.3) is 11.0 Å². The van der Waals surface area contributed by atoms with E-state index in [-0.39, 0.29) is 0 Å². The molecule has 0 atom stereocenters. The van der Waals surface area contributed by atoms with Crippen molar-refractivity contribution >= 4 is 34.8 Å². The molecule has 2 saturated heterocycles. The first-order chi connectivity index (χ1) is 23.5. The molecule has 2 fully saturated rings. The fraction of sp³-hybridized carbons (Fsp3) is 0.533. The van der Waals surface area contributed by atoms with Crippen LogP contribution in [0.5, 0.6) is 0 Å². The van der Waals surface area contributed by atoms with Crippen LogP contribution < -0.4 is 4.90 Å². The third-order valence-electron chi connectivity index (χ3n) is 7.39. The van der Waals surface area contributed by atoms with E-state index >= 15 is 0 Å². The lowest BCUT2D eigenvalue weighted by atomic mass is 9.92. The summed E-state index contributed by atoms with van der Waals surface area (Å²) in [5.41, 5.74) is 4.87. The minimum Gasteiger partial charge on any atom is -0.475 e. The van der Waals surface area contributed by atoms with E-state index in [2.05, 4.69) is 45.3 Å². The number of nitrogens with zero attached hydrogens (tertiary/aromatic N) is 6. The third kappa shape index (κ3) is 13.5. The van der Waals surface area contributed by atoms with Gasteiger partial charge in [-0.2, -0.15) is 39.5 Å². The highest BCUT2D eigenvalue weighted by molar-refractivity contribution is 5.87. The van der Waals surface area contributed by atoms with E-state index in [0.717, 1.165) is 56.9 Å². The van der Waals surface area contributed by atoms with Crippen molar-refractivity contribution in [3.63, 3.8) is 0 Å². The summed E-state index contributed by atoms with van der Waals surface area (Å²) in [7, 11) is 0. The highest BCUT2D eigenvalue weighted by atomic mass is 19.4. The first kappa shape index (κ1) is 42.5. The summed E-state index contributed by atoms with van der Waals surface area (Å²) in [5, 5.41) is 21.4. The minimum atomic E-state index is -5.08. The van der Waals surface area contributed by atoms with Crippen LogP contribution in [0.2, 0.25) is 0 Å². The zero-order valence-corrected chi connectivity index (χ0v) is 27.1. The van der Waals surface area contributed by atoms with Crippen LogP contribution in [-0.2, 0) is 20.9 Å². The van der Waals surface area contributed by atoms with Gasteiger partial charge < -0.3 is 24.8 Å². The van der Waals surface area contributed by atoms with Crippen LogP contribution in [0, 0.1) is 0 Å². The number of fused-ring (bicyclic) bond motifs is 1. The first-order valence-electron chi connectivity index (χ1n) is 15.2. The summed E-state index contributed by atoms with van der Waals surface area (Å²) < 4.78 is 97.5.